The molecule has 1 aromatic carbocycles. The lowest BCUT2D eigenvalue weighted by Crippen LogP contribution is -1.99. The molecule has 2 N–H and O–H groups in total. The van der Waals surface area contributed by atoms with Crippen molar-refractivity contribution in [3.8, 4) is 5.75 Å². The van der Waals surface area contributed by atoms with Gasteiger partial charge >= 0.3 is 0 Å². The maximum atomic E-state index is 5.89. The molecule has 0 spiro atoms. The predicted octanol–water partition coefficient (Wildman–Crippen LogP) is 3.41. The summed E-state index contributed by atoms with van der Waals surface area (Å²) in [6.07, 6.45) is 2.18. The molecule has 0 saturated heterocycles. The van der Waals surface area contributed by atoms with Crippen molar-refractivity contribution in [3.05, 3.63) is 22.7 Å². The van der Waals surface area contributed by atoms with Crippen LogP contribution < -0.4 is 10.5 Å². The first kappa shape index (κ1) is 11.2. The molecule has 3 heteroatoms. The Hall–Kier alpha value is -0.890. The molecular weight excluding hydrogens is 198 g/mol. The summed E-state index contributed by atoms with van der Waals surface area (Å²) in [5.74, 6) is 0.831. The quantitative estimate of drug-likeness (QED) is 0.615. The lowest BCUT2D eigenvalue weighted by molar-refractivity contribution is 0.307. The van der Waals surface area contributed by atoms with Gasteiger partial charge in [0.15, 0.2) is 0 Å². The van der Waals surface area contributed by atoms with Gasteiger partial charge in [0.05, 0.1) is 17.3 Å². The fourth-order valence-electron chi connectivity index (χ4n) is 1.17. The largest absolute Gasteiger partial charge is 0.493 e. The maximum Gasteiger partial charge on any atom is 0.123 e. The number of benzene rings is 1. The highest BCUT2D eigenvalue weighted by Gasteiger charge is 2.03. The van der Waals surface area contributed by atoms with Crippen molar-refractivity contribution < 1.29 is 4.74 Å². The Bertz CT molecular complexity index is 312. The zero-order chi connectivity index (χ0) is 10.6. The summed E-state index contributed by atoms with van der Waals surface area (Å²) in [6.45, 7) is 4.83. The zero-order valence-corrected chi connectivity index (χ0v) is 9.40. The van der Waals surface area contributed by atoms with Crippen LogP contribution >= 0.6 is 11.6 Å². The number of aryl methyl sites for hydroxylation is 1. The van der Waals surface area contributed by atoms with Crippen LogP contribution in [-0.4, -0.2) is 6.61 Å². The van der Waals surface area contributed by atoms with Gasteiger partial charge in [-0.15, -0.1) is 0 Å². The highest BCUT2D eigenvalue weighted by atomic mass is 35.5. The van der Waals surface area contributed by atoms with E-state index in [0.29, 0.717) is 10.7 Å². The second kappa shape index (κ2) is 5.11. The van der Waals surface area contributed by atoms with Crippen molar-refractivity contribution in [2.75, 3.05) is 12.3 Å². The van der Waals surface area contributed by atoms with Gasteiger partial charge < -0.3 is 10.5 Å². The molecule has 0 unspecified atom stereocenters. The van der Waals surface area contributed by atoms with Crippen molar-refractivity contribution in [2.24, 2.45) is 0 Å². The van der Waals surface area contributed by atoms with Crippen molar-refractivity contribution in [1.82, 2.24) is 0 Å². The molecule has 78 valence electrons. The summed E-state index contributed by atoms with van der Waals surface area (Å²) >= 11 is 5.89. The Balaban J connectivity index is 2.72. The average Bonchev–Trinajstić information content (AvgIpc) is 2.14. The van der Waals surface area contributed by atoms with Gasteiger partial charge in [-0.25, -0.2) is 0 Å². The van der Waals surface area contributed by atoms with E-state index in [1.165, 1.54) is 0 Å². The van der Waals surface area contributed by atoms with Crippen LogP contribution in [0.4, 0.5) is 5.69 Å². The molecule has 0 atom stereocenters. The molecular formula is C11H16ClNO. The number of halogens is 1. The molecule has 0 heterocycles. The summed E-state index contributed by atoms with van der Waals surface area (Å²) < 4.78 is 5.57. The molecule has 14 heavy (non-hydrogen) atoms. The summed E-state index contributed by atoms with van der Waals surface area (Å²) in [7, 11) is 0. The SMILES string of the molecule is CCCCOc1cc(Cl)c(N)cc1C. The van der Waals surface area contributed by atoms with Gasteiger partial charge in [0.25, 0.3) is 0 Å². The molecule has 0 aliphatic carbocycles. The smallest absolute Gasteiger partial charge is 0.123 e. The summed E-state index contributed by atoms with van der Waals surface area (Å²) in [4.78, 5) is 0. The third-order valence-electron chi connectivity index (χ3n) is 2.05. The van der Waals surface area contributed by atoms with Crippen LogP contribution in [0.5, 0.6) is 5.75 Å². The zero-order valence-electron chi connectivity index (χ0n) is 8.64. The molecule has 0 bridgehead atoms. The van der Waals surface area contributed by atoms with Crippen LogP contribution in [0, 0.1) is 6.92 Å². The van der Waals surface area contributed by atoms with Crippen LogP contribution in [0.15, 0.2) is 12.1 Å². The van der Waals surface area contributed by atoms with E-state index in [0.717, 1.165) is 30.8 Å². The van der Waals surface area contributed by atoms with E-state index in [1.807, 2.05) is 13.0 Å². The van der Waals surface area contributed by atoms with Gasteiger partial charge in [0.1, 0.15) is 5.75 Å². The third-order valence-corrected chi connectivity index (χ3v) is 2.38. The van der Waals surface area contributed by atoms with Gasteiger partial charge in [-0.3, -0.25) is 0 Å². The lowest BCUT2D eigenvalue weighted by atomic mass is 10.2. The summed E-state index contributed by atoms with van der Waals surface area (Å²) in [5, 5.41) is 0.557. The van der Waals surface area contributed by atoms with Gasteiger partial charge in [-0.05, 0) is 25.0 Å². The molecule has 0 aliphatic rings. The average molecular weight is 214 g/mol. The molecule has 0 amide bonds. The first-order valence-corrected chi connectivity index (χ1v) is 5.21. The van der Waals surface area contributed by atoms with Gasteiger partial charge in [-0.2, -0.15) is 0 Å². The number of unbranched alkanes of at least 4 members (excludes halogenated alkanes) is 1. The van der Waals surface area contributed by atoms with E-state index in [-0.39, 0.29) is 0 Å². The Labute approximate surface area is 90.0 Å². The normalized spacial score (nSPS) is 10.2. The molecule has 0 saturated carbocycles. The number of nitrogen functional groups attached to an aromatic ring is 1. The van der Waals surface area contributed by atoms with Crippen LogP contribution in [0.1, 0.15) is 25.3 Å². The van der Waals surface area contributed by atoms with Crippen molar-refractivity contribution in [1.29, 1.82) is 0 Å². The first-order chi connectivity index (χ1) is 6.65. The molecule has 2 nitrogen and oxygen atoms in total. The van der Waals surface area contributed by atoms with Gasteiger partial charge in [-0.1, -0.05) is 24.9 Å². The fraction of sp³-hybridized carbons (Fsp3) is 0.455. The Morgan fingerprint density at radius 3 is 2.79 bits per heavy atom. The minimum atomic E-state index is 0.557. The summed E-state index contributed by atoms with van der Waals surface area (Å²) in [5.41, 5.74) is 7.29. The molecule has 0 aromatic heterocycles. The number of hydrogen-bond acceptors (Lipinski definition) is 2. The fourth-order valence-corrected chi connectivity index (χ4v) is 1.32. The van der Waals surface area contributed by atoms with Crippen molar-refractivity contribution in [2.45, 2.75) is 26.7 Å². The molecule has 0 radical (unpaired) electrons. The number of anilines is 1. The number of nitrogens with two attached hydrogens (primary N) is 1. The van der Waals surface area contributed by atoms with E-state index in [9.17, 15) is 0 Å². The highest BCUT2D eigenvalue weighted by Crippen LogP contribution is 2.28. The monoisotopic (exact) mass is 213 g/mol. The molecule has 1 aromatic rings. The second-order valence-electron chi connectivity index (χ2n) is 3.34. The molecule has 0 aliphatic heterocycles. The van der Waals surface area contributed by atoms with E-state index >= 15 is 0 Å². The first-order valence-electron chi connectivity index (χ1n) is 4.83. The summed E-state index contributed by atoms with van der Waals surface area (Å²) in [6, 6.07) is 3.62. The standard InChI is InChI=1S/C11H16ClNO/c1-3-4-5-14-11-7-9(12)10(13)6-8(11)2/h6-7H,3-5,13H2,1-2H3. The Morgan fingerprint density at radius 1 is 1.43 bits per heavy atom. The minimum Gasteiger partial charge on any atom is -0.493 e. The minimum absolute atomic E-state index is 0.557. The van der Waals surface area contributed by atoms with Crippen LogP contribution in [0.25, 0.3) is 0 Å². The van der Waals surface area contributed by atoms with Crippen molar-refractivity contribution >= 4 is 17.3 Å². The van der Waals surface area contributed by atoms with Crippen molar-refractivity contribution in [3.63, 3.8) is 0 Å². The molecule has 1 rings (SSSR count). The van der Waals surface area contributed by atoms with Gasteiger partial charge in [0, 0.05) is 6.07 Å². The second-order valence-corrected chi connectivity index (χ2v) is 3.75. The van der Waals surface area contributed by atoms with Crippen LogP contribution in [0.3, 0.4) is 0 Å². The van der Waals surface area contributed by atoms with Crippen LogP contribution in [-0.2, 0) is 0 Å². The molecule has 0 fully saturated rings. The number of rotatable bonds is 4. The van der Waals surface area contributed by atoms with Crippen LogP contribution in [0.2, 0.25) is 5.02 Å². The van der Waals surface area contributed by atoms with E-state index < -0.39 is 0 Å². The number of ether oxygens (including phenoxy) is 1. The van der Waals surface area contributed by atoms with Gasteiger partial charge in [0.2, 0.25) is 0 Å². The highest BCUT2D eigenvalue weighted by molar-refractivity contribution is 6.33. The maximum absolute atomic E-state index is 5.89. The van der Waals surface area contributed by atoms with E-state index in [4.69, 9.17) is 22.1 Å². The third kappa shape index (κ3) is 2.81. The topological polar surface area (TPSA) is 35.2 Å². The Kier molecular flexibility index (Phi) is 4.08. The Morgan fingerprint density at radius 2 is 2.14 bits per heavy atom. The van der Waals surface area contributed by atoms with E-state index in [2.05, 4.69) is 6.92 Å². The van der Waals surface area contributed by atoms with E-state index in [1.54, 1.807) is 6.07 Å². The number of hydrogen-bond donors (Lipinski definition) is 1. The predicted molar refractivity (Wildman–Crippen MR) is 61.0 cm³/mol. The lowest BCUT2D eigenvalue weighted by Gasteiger charge is -2.10.